The monoisotopic (exact) mass is 745 g/mol. The molecule has 0 radical (unpaired) electrons. The zero-order chi connectivity index (χ0) is 38.7. The van der Waals surface area contributed by atoms with Crippen molar-refractivity contribution < 1.29 is 28.6 Å². The van der Waals surface area contributed by atoms with E-state index >= 15 is 0 Å². The van der Waals surface area contributed by atoms with E-state index in [-0.39, 0.29) is 31.1 Å². The first-order valence-corrected chi connectivity index (χ1v) is 22.5. The van der Waals surface area contributed by atoms with Crippen molar-refractivity contribution in [3.05, 3.63) is 36.5 Å². The minimum Gasteiger partial charge on any atom is -0.462 e. The van der Waals surface area contributed by atoms with Crippen molar-refractivity contribution in [3.8, 4) is 0 Å². The molecule has 0 N–H and O–H groups in total. The van der Waals surface area contributed by atoms with E-state index in [1.165, 1.54) is 89.9 Å². The molecule has 0 rings (SSSR count). The second kappa shape index (κ2) is 42.4. The van der Waals surface area contributed by atoms with Gasteiger partial charge in [-0.05, 0) is 51.4 Å². The first-order valence-electron chi connectivity index (χ1n) is 22.5. The van der Waals surface area contributed by atoms with Crippen LogP contribution in [-0.4, -0.2) is 37.2 Å². The summed E-state index contributed by atoms with van der Waals surface area (Å²) in [5.74, 6) is -0.893. The normalized spacial score (nSPS) is 12.3. The summed E-state index contributed by atoms with van der Waals surface area (Å²) >= 11 is 0. The Bertz CT molecular complexity index is 907. The molecule has 0 bridgehead atoms. The van der Waals surface area contributed by atoms with Gasteiger partial charge >= 0.3 is 17.9 Å². The molecule has 0 spiro atoms. The topological polar surface area (TPSA) is 78.9 Å². The molecule has 0 aromatic rings. The molecule has 0 aromatic heterocycles. The fourth-order valence-electron chi connectivity index (χ4n) is 6.28. The van der Waals surface area contributed by atoms with E-state index in [1.54, 1.807) is 0 Å². The molecule has 0 saturated carbocycles. The maximum absolute atomic E-state index is 12.7. The second-order valence-electron chi connectivity index (χ2n) is 14.9. The van der Waals surface area contributed by atoms with E-state index in [2.05, 4.69) is 57.2 Å². The summed E-state index contributed by atoms with van der Waals surface area (Å²) < 4.78 is 16.7. The third kappa shape index (κ3) is 40.6. The Morgan fingerprint density at radius 2 is 0.736 bits per heavy atom. The van der Waals surface area contributed by atoms with Crippen LogP contribution in [0.4, 0.5) is 0 Å². The van der Waals surface area contributed by atoms with Gasteiger partial charge in [0.05, 0.1) is 0 Å². The highest BCUT2D eigenvalue weighted by molar-refractivity contribution is 5.71. The molecule has 0 aromatic carbocycles. The standard InChI is InChI=1S/C47H84O6/c1-4-7-10-13-16-19-22-23-24-25-26-29-31-34-37-40-46(49)52-43-44(53-47(50)41-38-35-32-28-21-18-15-12-9-6-3)42-51-45(48)39-36-33-30-27-20-17-14-11-8-5-2/h7,10,16,19,23-24,44H,4-6,8-9,11-15,17-18,20-22,25-43H2,1-3H3/b10-7-,19-16-,24-23-. The van der Waals surface area contributed by atoms with Gasteiger partial charge < -0.3 is 14.2 Å². The van der Waals surface area contributed by atoms with Crippen LogP contribution in [0.15, 0.2) is 36.5 Å². The number of ether oxygens (including phenoxy) is 3. The van der Waals surface area contributed by atoms with Gasteiger partial charge in [-0.25, -0.2) is 0 Å². The van der Waals surface area contributed by atoms with Crippen LogP contribution >= 0.6 is 0 Å². The SMILES string of the molecule is CC/C=C\C/C=C\C/C=C\CCCCCCCC(=O)OCC(COC(=O)CCCCCCCCCCCC)OC(=O)CCCCCCCCCCCC. The van der Waals surface area contributed by atoms with Crippen LogP contribution in [0.2, 0.25) is 0 Å². The highest BCUT2D eigenvalue weighted by Gasteiger charge is 2.19. The summed E-state index contributed by atoms with van der Waals surface area (Å²) in [6.45, 7) is 6.48. The minimum absolute atomic E-state index is 0.0747. The zero-order valence-electron chi connectivity index (χ0n) is 35.0. The summed E-state index contributed by atoms with van der Waals surface area (Å²) in [5.41, 5.74) is 0. The molecule has 53 heavy (non-hydrogen) atoms. The van der Waals surface area contributed by atoms with E-state index in [9.17, 15) is 14.4 Å². The Morgan fingerprint density at radius 3 is 1.15 bits per heavy atom. The Hall–Kier alpha value is -2.37. The summed E-state index contributed by atoms with van der Waals surface area (Å²) in [6, 6.07) is 0. The van der Waals surface area contributed by atoms with Crippen LogP contribution in [0.3, 0.4) is 0 Å². The molecule has 1 atom stereocenters. The molecule has 6 nitrogen and oxygen atoms in total. The maximum Gasteiger partial charge on any atom is 0.306 e. The summed E-state index contributed by atoms with van der Waals surface area (Å²) in [6.07, 6.45) is 46.9. The van der Waals surface area contributed by atoms with E-state index in [0.29, 0.717) is 19.3 Å². The third-order valence-electron chi connectivity index (χ3n) is 9.66. The second-order valence-corrected chi connectivity index (χ2v) is 14.9. The van der Waals surface area contributed by atoms with Gasteiger partial charge in [0, 0.05) is 19.3 Å². The Balaban J connectivity index is 4.36. The molecule has 0 heterocycles. The van der Waals surface area contributed by atoms with Crippen LogP contribution in [-0.2, 0) is 28.6 Å². The molecule has 0 amide bonds. The Labute approximate surface area is 327 Å². The summed E-state index contributed by atoms with van der Waals surface area (Å²) in [5, 5.41) is 0. The minimum atomic E-state index is -0.771. The van der Waals surface area contributed by atoms with Crippen LogP contribution in [0.5, 0.6) is 0 Å². The highest BCUT2D eigenvalue weighted by atomic mass is 16.6. The number of carbonyl (C=O) groups excluding carboxylic acids is 3. The molecule has 308 valence electrons. The van der Waals surface area contributed by atoms with Gasteiger partial charge in [-0.2, -0.15) is 0 Å². The lowest BCUT2D eigenvalue weighted by molar-refractivity contribution is -0.167. The van der Waals surface area contributed by atoms with Crippen LogP contribution in [0.1, 0.15) is 226 Å². The molecule has 0 fully saturated rings. The molecular formula is C47H84O6. The maximum atomic E-state index is 12.7. The molecule has 0 aliphatic heterocycles. The van der Waals surface area contributed by atoms with Crippen molar-refractivity contribution in [2.24, 2.45) is 0 Å². The fraction of sp³-hybridized carbons (Fsp3) is 0.809. The van der Waals surface area contributed by atoms with Crippen LogP contribution < -0.4 is 0 Å². The first kappa shape index (κ1) is 50.6. The third-order valence-corrected chi connectivity index (χ3v) is 9.66. The van der Waals surface area contributed by atoms with Crippen molar-refractivity contribution in [1.29, 1.82) is 0 Å². The molecule has 0 aliphatic carbocycles. The quantitative estimate of drug-likeness (QED) is 0.0269. The lowest BCUT2D eigenvalue weighted by Gasteiger charge is -2.18. The number of allylic oxidation sites excluding steroid dienone is 6. The number of hydrogen-bond acceptors (Lipinski definition) is 6. The number of hydrogen-bond donors (Lipinski definition) is 0. The number of esters is 3. The summed E-state index contributed by atoms with van der Waals surface area (Å²) in [7, 11) is 0. The predicted octanol–water partition coefficient (Wildman–Crippen LogP) is 14.2. The average Bonchev–Trinajstić information content (AvgIpc) is 3.15. The van der Waals surface area contributed by atoms with E-state index in [4.69, 9.17) is 14.2 Å². The first-order chi connectivity index (χ1) is 26.0. The Kier molecular flexibility index (Phi) is 40.5. The van der Waals surface area contributed by atoms with Crippen molar-refractivity contribution in [2.45, 2.75) is 232 Å². The van der Waals surface area contributed by atoms with Gasteiger partial charge in [-0.15, -0.1) is 0 Å². The van der Waals surface area contributed by atoms with Crippen LogP contribution in [0.25, 0.3) is 0 Å². The number of rotatable bonds is 40. The number of carbonyl (C=O) groups is 3. The number of unbranched alkanes of at least 4 members (excludes halogenated alkanes) is 23. The van der Waals surface area contributed by atoms with E-state index in [1.807, 2.05) is 0 Å². The lowest BCUT2D eigenvalue weighted by atomic mass is 10.1. The lowest BCUT2D eigenvalue weighted by Crippen LogP contribution is -2.30. The van der Waals surface area contributed by atoms with Crippen molar-refractivity contribution in [3.63, 3.8) is 0 Å². The van der Waals surface area contributed by atoms with E-state index in [0.717, 1.165) is 96.3 Å². The highest BCUT2D eigenvalue weighted by Crippen LogP contribution is 2.14. The van der Waals surface area contributed by atoms with Crippen LogP contribution in [0, 0.1) is 0 Å². The van der Waals surface area contributed by atoms with Gasteiger partial charge in [0.2, 0.25) is 0 Å². The average molecular weight is 745 g/mol. The Morgan fingerprint density at radius 1 is 0.396 bits per heavy atom. The fourth-order valence-corrected chi connectivity index (χ4v) is 6.28. The van der Waals surface area contributed by atoms with Crippen molar-refractivity contribution in [2.75, 3.05) is 13.2 Å². The van der Waals surface area contributed by atoms with Crippen molar-refractivity contribution >= 4 is 17.9 Å². The molecule has 0 saturated heterocycles. The van der Waals surface area contributed by atoms with Crippen molar-refractivity contribution in [1.82, 2.24) is 0 Å². The molecular weight excluding hydrogens is 661 g/mol. The molecule has 6 heteroatoms. The summed E-state index contributed by atoms with van der Waals surface area (Å²) in [4.78, 5) is 37.6. The van der Waals surface area contributed by atoms with Gasteiger partial charge in [0.15, 0.2) is 6.10 Å². The van der Waals surface area contributed by atoms with Gasteiger partial charge in [0.1, 0.15) is 13.2 Å². The smallest absolute Gasteiger partial charge is 0.306 e. The molecule has 1 unspecified atom stereocenters. The molecule has 0 aliphatic rings. The van der Waals surface area contributed by atoms with Gasteiger partial charge in [0.25, 0.3) is 0 Å². The zero-order valence-corrected chi connectivity index (χ0v) is 35.0. The predicted molar refractivity (Wildman–Crippen MR) is 224 cm³/mol. The van der Waals surface area contributed by atoms with E-state index < -0.39 is 6.10 Å². The largest absolute Gasteiger partial charge is 0.462 e. The van der Waals surface area contributed by atoms with Gasteiger partial charge in [-0.1, -0.05) is 192 Å². The van der Waals surface area contributed by atoms with Gasteiger partial charge in [-0.3, -0.25) is 14.4 Å².